The number of imidazole rings is 5. The van der Waals surface area contributed by atoms with Crippen molar-refractivity contribution in [1.82, 2.24) is 22.8 Å². The first-order valence-electron chi connectivity index (χ1n) is 45.2. The van der Waals surface area contributed by atoms with Crippen molar-refractivity contribution in [3.8, 4) is 39.7 Å². The van der Waals surface area contributed by atoms with Crippen molar-refractivity contribution in [2.24, 2.45) is 0 Å². The summed E-state index contributed by atoms with van der Waals surface area (Å²) in [5.41, 5.74) is 29.4. The Labute approximate surface area is 687 Å². The number of benzene rings is 6. The second-order valence-corrected chi connectivity index (χ2v) is 35.8. The topological polar surface area (TPSA) is 44.0 Å². The fourth-order valence-electron chi connectivity index (χ4n) is 22.9. The van der Waals surface area contributed by atoms with Crippen LogP contribution >= 0.6 is 0 Å². The molecule has 602 valence electrons. The number of rotatable bonds is 13. The van der Waals surface area contributed by atoms with E-state index in [1.54, 1.807) is 11.4 Å². The average molecular weight is 1530 g/mol. The zero-order chi connectivity index (χ0) is 80.0. The Morgan fingerprint density at radius 2 is 0.430 bits per heavy atom. The number of nitrogens with zero attached hydrogens (tertiary/aromatic N) is 10. The van der Waals surface area contributed by atoms with E-state index in [9.17, 15) is 0 Å². The van der Waals surface area contributed by atoms with E-state index in [2.05, 4.69) is 315 Å². The third kappa shape index (κ3) is 16.5. The molecule has 10 nitrogen and oxygen atoms in total. The maximum Gasteiger partial charge on any atom is 0.259 e. The highest BCUT2D eigenvalue weighted by Crippen LogP contribution is 2.42. The molecule has 0 aliphatic heterocycles. The van der Waals surface area contributed by atoms with Gasteiger partial charge < -0.3 is 0 Å². The van der Waals surface area contributed by atoms with Crippen LogP contribution in [0.5, 0.6) is 0 Å². The predicted octanol–water partition coefficient (Wildman–Crippen LogP) is 25.0. The number of hydrogen-bond donors (Lipinski definition) is 0. The van der Waals surface area contributed by atoms with E-state index in [-0.39, 0.29) is 0 Å². The zero-order valence-corrected chi connectivity index (χ0v) is 73.5. The lowest BCUT2D eigenvalue weighted by atomic mass is 9.86. The minimum atomic E-state index is 0.624. The van der Waals surface area contributed by atoms with Gasteiger partial charge in [-0.05, 0) is 247 Å². The number of hydrogen-bond acceptors (Lipinski definition) is 0. The lowest BCUT2D eigenvalue weighted by Gasteiger charge is -2.22. The van der Waals surface area contributed by atoms with Crippen molar-refractivity contribution in [2.75, 3.05) is 0 Å². The Bertz CT molecular complexity index is 4940. The minimum Gasteiger partial charge on any atom is -0.229 e. The van der Waals surface area contributed by atoms with Crippen molar-refractivity contribution < 1.29 is 22.8 Å². The second-order valence-electron chi connectivity index (χ2n) is 35.8. The third-order valence-electron chi connectivity index (χ3n) is 28.7. The van der Waals surface area contributed by atoms with Crippen LogP contribution in [0.15, 0.2) is 152 Å². The first-order valence-corrected chi connectivity index (χ1v) is 45.2. The molecule has 7 fully saturated rings. The fourth-order valence-corrected chi connectivity index (χ4v) is 22.9. The molecule has 0 atom stereocenters. The first-order chi connectivity index (χ1) is 55.3. The van der Waals surface area contributed by atoms with Crippen LogP contribution in [0.25, 0.3) is 39.7 Å². The van der Waals surface area contributed by atoms with Crippen LogP contribution in [0.2, 0.25) is 0 Å². The quantitative estimate of drug-likeness (QED) is 0.103. The molecule has 0 amide bonds. The molecule has 0 radical (unpaired) electrons. The molecule has 7 aliphatic rings. The first kappa shape index (κ1) is 81.9. The zero-order valence-electron chi connectivity index (χ0n) is 73.5. The minimum absolute atomic E-state index is 0.624. The van der Waals surface area contributed by atoms with Crippen LogP contribution in [-0.2, 0) is 0 Å². The highest BCUT2D eigenvalue weighted by molar-refractivity contribution is 5.61. The van der Waals surface area contributed by atoms with E-state index in [1.807, 2.05) is 0 Å². The van der Waals surface area contributed by atoms with E-state index >= 15 is 0 Å². The van der Waals surface area contributed by atoms with Gasteiger partial charge in [-0.15, -0.1) is 0 Å². The van der Waals surface area contributed by atoms with Gasteiger partial charge in [-0.2, -0.15) is 22.8 Å². The summed E-state index contributed by atoms with van der Waals surface area (Å²) in [7, 11) is 0. The van der Waals surface area contributed by atoms with Crippen molar-refractivity contribution in [1.29, 1.82) is 0 Å². The molecule has 5 aromatic heterocycles. The smallest absolute Gasteiger partial charge is 0.229 e. The molecule has 5 heterocycles. The number of aromatic nitrogens is 10. The summed E-state index contributed by atoms with van der Waals surface area (Å²) in [6, 6.07) is 58.2. The van der Waals surface area contributed by atoms with Gasteiger partial charge in [-0.1, -0.05) is 153 Å². The fraction of sp³-hybridized carbons (Fsp3) is 0.510. The van der Waals surface area contributed by atoms with E-state index in [4.69, 9.17) is 0 Å². The molecular formula is C104H141N10+5. The Balaban J connectivity index is 0.000000118. The maximum atomic E-state index is 2.77. The molecule has 6 aromatic carbocycles. The SMILES string of the molecule is Cc1ccccc1-n1c(C)c(-c2ccccc2)[n+](C2CCCC2)c1C.Cc1ccccc1-n1c(C)c(C)[n+](C2CCCC2)c1C.Cc1ccccc1-n1c(C)c(C)[n+](C2CCCC2)c1C.Cc1ccccc1-n1c(C)c(C2CCCC2)[n+](C2CCCC2)c1C.Cc1ccccc1-n1c(C)c(C2CCCCC2)[n+](C2CCCC2)c1C. The molecule has 0 bridgehead atoms. The Morgan fingerprint density at radius 1 is 0.211 bits per heavy atom. The molecule has 0 N–H and O–H groups in total. The normalized spacial score (nSPS) is 17.3. The van der Waals surface area contributed by atoms with Gasteiger partial charge >= 0.3 is 0 Å². The van der Waals surface area contributed by atoms with Crippen LogP contribution in [0.3, 0.4) is 0 Å². The highest BCUT2D eigenvalue weighted by Gasteiger charge is 2.42. The van der Waals surface area contributed by atoms with E-state index in [0.717, 1.165) is 23.9 Å². The van der Waals surface area contributed by atoms with Crippen LogP contribution < -0.4 is 22.8 Å². The van der Waals surface area contributed by atoms with Gasteiger partial charge in [0.1, 0.15) is 104 Å². The highest BCUT2D eigenvalue weighted by atomic mass is 15.2. The van der Waals surface area contributed by atoms with Gasteiger partial charge in [0.15, 0.2) is 11.4 Å². The Hall–Kier alpha value is -8.63. The van der Waals surface area contributed by atoms with Gasteiger partial charge in [0.25, 0.3) is 29.1 Å². The van der Waals surface area contributed by atoms with Gasteiger partial charge in [-0.3, -0.25) is 0 Å². The molecule has 114 heavy (non-hydrogen) atoms. The molecule has 10 heteroatoms. The second kappa shape index (κ2) is 36.7. The molecule has 7 saturated carbocycles. The monoisotopic (exact) mass is 1530 g/mol. The lowest BCUT2D eigenvalue weighted by Crippen LogP contribution is -2.44. The molecule has 0 unspecified atom stereocenters. The van der Waals surface area contributed by atoms with Crippen molar-refractivity contribution in [3.05, 3.63) is 260 Å². The Kier molecular flexibility index (Phi) is 26.4. The van der Waals surface area contributed by atoms with Crippen LogP contribution in [0, 0.1) is 118 Å². The summed E-state index contributed by atoms with van der Waals surface area (Å²) in [6.07, 6.45) is 39.8. The Morgan fingerprint density at radius 3 is 0.728 bits per heavy atom. The maximum absolute atomic E-state index is 2.77. The van der Waals surface area contributed by atoms with E-state index in [1.165, 1.54) is 323 Å². The van der Waals surface area contributed by atoms with Crippen LogP contribution in [0.1, 0.15) is 336 Å². The predicted molar refractivity (Wildman–Crippen MR) is 470 cm³/mol. The van der Waals surface area contributed by atoms with Gasteiger partial charge in [0.2, 0.25) is 0 Å². The van der Waals surface area contributed by atoms with Crippen molar-refractivity contribution in [2.45, 2.75) is 346 Å². The van der Waals surface area contributed by atoms with E-state index in [0.29, 0.717) is 18.1 Å². The van der Waals surface area contributed by atoms with Crippen LogP contribution in [0.4, 0.5) is 0 Å². The van der Waals surface area contributed by atoms with Gasteiger partial charge in [-0.25, -0.2) is 22.8 Å². The molecule has 0 saturated heterocycles. The number of para-hydroxylation sites is 5. The molecular weight excluding hydrogens is 1390 g/mol. The lowest BCUT2D eigenvalue weighted by molar-refractivity contribution is -0.734. The molecule has 7 aliphatic carbocycles. The average Bonchev–Trinajstić information content (AvgIpc) is 1.61. The largest absolute Gasteiger partial charge is 0.259 e. The molecule has 18 rings (SSSR count). The summed E-state index contributed by atoms with van der Waals surface area (Å²) in [5.74, 6) is 8.52. The summed E-state index contributed by atoms with van der Waals surface area (Å²) in [6.45, 7) is 38.6. The third-order valence-corrected chi connectivity index (χ3v) is 28.7. The van der Waals surface area contributed by atoms with Crippen molar-refractivity contribution in [3.63, 3.8) is 0 Å². The number of aryl methyl sites for hydroxylation is 5. The van der Waals surface area contributed by atoms with Crippen LogP contribution in [-0.4, -0.2) is 22.8 Å². The van der Waals surface area contributed by atoms with Crippen molar-refractivity contribution >= 4 is 0 Å². The molecule has 0 spiro atoms. The summed E-state index contributed by atoms with van der Waals surface area (Å²) in [5, 5.41) is 0. The standard InChI is InChI=1S/C23H33N2.C23H27N2.C22H31N2.2C18H25N2/c2*1-17-11-7-10-16-22(17)24-18(2)23(20-12-5-4-6-13-20)25(19(24)3)21-14-8-9-15-21;1-16-10-4-9-15-21(16)23-17(2)22(19-11-5-6-12-19)24(18(23)3)20-13-7-8-14-20;2*1-13-9-5-8-12-18(13)20-15(3)14(2)19(16(20)4)17-10-6-7-11-17/h7,10-11,16,20-21H,4-6,8-9,12-15H2,1-3H3;4-7,10-13,16,21H,8-9,14-15H2,1-3H3;4,9-10,15,19-20H,5-8,11-14H2,1-3H3;2*5,8-9,12,17H,6-7,10-11H2,1-4H3/q5*+1. The van der Waals surface area contributed by atoms with Gasteiger partial charge in [0.05, 0.1) is 0 Å². The summed E-state index contributed by atoms with van der Waals surface area (Å²) in [4.78, 5) is 0. The summed E-state index contributed by atoms with van der Waals surface area (Å²) >= 11 is 0. The summed E-state index contributed by atoms with van der Waals surface area (Å²) < 4.78 is 25.7. The van der Waals surface area contributed by atoms with Gasteiger partial charge in [0, 0.05) is 100 Å². The van der Waals surface area contributed by atoms with E-state index < -0.39 is 0 Å². The molecule has 11 aromatic rings.